The monoisotopic (exact) mass is 361 g/mol. The number of fused-ring (bicyclic) bond motifs is 1. The van der Waals surface area contributed by atoms with Crippen LogP contribution in [0.25, 0.3) is 22.0 Å². The Bertz CT molecular complexity index is 1070. The van der Waals surface area contributed by atoms with E-state index in [1.54, 1.807) is 12.1 Å². The minimum atomic E-state index is -0.144. The smallest absolute Gasteiger partial charge is 0.215 e. The van der Waals surface area contributed by atoms with Crippen molar-refractivity contribution in [1.82, 2.24) is 15.0 Å². The third kappa shape index (κ3) is 3.00. The first kappa shape index (κ1) is 16.5. The van der Waals surface area contributed by atoms with E-state index in [0.29, 0.717) is 29.4 Å². The zero-order chi connectivity index (χ0) is 17.9. The van der Waals surface area contributed by atoms with Gasteiger partial charge in [0.05, 0.1) is 6.54 Å². The van der Waals surface area contributed by atoms with Crippen LogP contribution in [0.2, 0.25) is 0 Å². The standard InChI is InChI=1S/C21H16ClN3O/c22-13-14-25-23-19(18-12-6-10-15-7-4-5-11-17(15)18)20(24-25)21(26)16-8-2-1-3-9-16/h1-12H,13-14H2. The Labute approximate surface area is 156 Å². The summed E-state index contributed by atoms with van der Waals surface area (Å²) < 4.78 is 0. The Kier molecular flexibility index (Phi) is 4.50. The Morgan fingerprint density at radius 3 is 2.42 bits per heavy atom. The minimum Gasteiger partial charge on any atom is -0.287 e. The number of aromatic nitrogens is 3. The molecule has 0 saturated heterocycles. The van der Waals surface area contributed by atoms with Gasteiger partial charge >= 0.3 is 0 Å². The Morgan fingerprint density at radius 2 is 1.62 bits per heavy atom. The number of hydrogen-bond donors (Lipinski definition) is 0. The summed E-state index contributed by atoms with van der Waals surface area (Å²) in [6, 6.07) is 23.2. The van der Waals surface area contributed by atoms with Crippen molar-refractivity contribution in [3.8, 4) is 11.3 Å². The molecule has 4 rings (SSSR count). The number of halogens is 1. The van der Waals surface area contributed by atoms with Crippen molar-refractivity contribution < 1.29 is 4.79 Å². The molecule has 1 heterocycles. The van der Waals surface area contributed by atoms with E-state index >= 15 is 0 Å². The average molecular weight is 362 g/mol. The van der Waals surface area contributed by atoms with Crippen molar-refractivity contribution in [2.45, 2.75) is 6.54 Å². The molecule has 0 aliphatic carbocycles. The summed E-state index contributed by atoms with van der Waals surface area (Å²) in [5.41, 5.74) is 2.41. The molecular weight excluding hydrogens is 346 g/mol. The van der Waals surface area contributed by atoms with Gasteiger partial charge in [0, 0.05) is 17.0 Å². The normalized spacial score (nSPS) is 11.0. The van der Waals surface area contributed by atoms with Gasteiger partial charge < -0.3 is 0 Å². The van der Waals surface area contributed by atoms with Crippen LogP contribution in [-0.2, 0) is 6.54 Å². The number of ketones is 1. The molecule has 0 bridgehead atoms. The highest BCUT2D eigenvalue weighted by atomic mass is 35.5. The fraction of sp³-hybridized carbons (Fsp3) is 0.0952. The molecule has 0 atom stereocenters. The first-order chi connectivity index (χ1) is 12.8. The number of alkyl halides is 1. The van der Waals surface area contributed by atoms with Crippen LogP contribution < -0.4 is 0 Å². The van der Waals surface area contributed by atoms with Crippen LogP contribution in [-0.4, -0.2) is 26.7 Å². The second-order valence-corrected chi connectivity index (χ2v) is 6.28. The molecule has 0 amide bonds. The maximum Gasteiger partial charge on any atom is 0.215 e. The number of aryl methyl sites for hydroxylation is 1. The topological polar surface area (TPSA) is 47.8 Å². The molecule has 1 aromatic heterocycles. The number of carbonyl (C=O) groups excluding carboxylic acids is 1. The lowest BCUT2D eigenvalue weighted by Crippen LogP contribution is -2.06. The number of nitrogens with zero attached hydrogens (tertiary/aromatic N) is 3. The fourth-order valence-corrected chi connectivity index (χ4v) is 3.17. The molecule has 4 aromatic rings. The van der Waals surface area contributed by atoms with Crippen molar-refractivity contribution in [2.24, 2.45) is 0 Å². The molecule has 0 fully saturated rings. The lowest BCUT2D eigenvalue weighted by atomic mass is 9.98. The van der Waals surface area contributed by atoms with Gasteiger partial charge in [-0.1, -0.05) is 72.8 Å². The van der Waals surface area contributed by atoms with Crippen molar-refractivity contribution in [1.29, 1.82) is 0 Å². The largest absolute Gasteiger partial charge is 0.287 e. The highest BCUT2D eigenvalue weighted by Gasteiger charge is 2.22. The zero-order valence-corrected chi connectivity index (χ0v) is 14.7. The minimum absolute atomic E-state index is 0.144. The zero-order valence-electron chi connectivity index (χ0n) is 14.0. The molecule has 26 heavy (non-hydrogen) atoms. The number of carbonyl (C=O) groups is 1. The van der Waals surface area contributed by atoms with Crippen molar-refractivity contribution >= 4 is 28.2 Å². The van der Waals surface area contributed by atoms with Crippen LogP contribution in [0.5, 0.6) is 0 Å². The summed E-state index contributed by atoms with van der Waals surface area (Å²) in [7, 11) is 0. The fourth-order valence-electron chi connectivity index (χ4n) is 3.02. The molecule has 0 unspecified atom stereocenters. The molecule has 128 valence electrons. The summed E-state index contributed by atoms with van der Waals surface area (Å²) >= 11 is 5.85. The van der Waals surface area contributed by atoms with Crippen LogP contribution in [0.4, 0.5) is 0 Å². The summed E-state index contributed by atoms with van der Waals surface area (Å²) in [4.78, 5) is 14.5. The van der Waals surface area contributed by atoms with Gasteiger partial charge in [-0.2, -0.15) is 9.90 Å². The van der Waals surface area contributed by atoms with E-state index in [2.05, 4.69) is 10.2 Å². The maximum atomic E-state index is 13.0. The Hall–Kier alpha value is -2.98. The van der Waals surface area contributed by atoms with Gasteiger partial charge in [0.25, 0.3) is 0 Å². The molecule has 0 saturated carbocycles. The number of hydrogen-bond acceptors (Lipinski definition) is 3. The second-order valence-electron chi connectivity index (χ2n) is 5.90. The molecule has 0 N–H and O–H groups in total. The Morgan fingerprint density at radius 1 is 0.885 bits per heavy atom. The van der Waals surface area contributed by atoms with Gasteiger partial charge in [0.1, 0.15) is 5.69 Å². The lowest BCUT2D eigenvalue weighted by molar-refractivity contribution is 0.103. The van der Waals surface area contributed by atoms with E-state index in [-0.39, 0.29) is 5.78 Å². The van der Waals surface area contributed by atoms with E-state index in [1.807, 2.05) is 60.7 Å². The predicted octanol–water partition coefficient (Wildman–Crippen LogP) is 4.57. The molecule has 0 radical (unpaired) electrons. The predicted molar refractivity (Wildman–Crippen MR) is 104 cm³/mol. The first-order valence-corrected chi connectivity index (χ1v) is 8.90. The van der Waals surface area contributed by atoms with Crippen LogP contribution >= 0.6 is 11.6 Å². The summed E-state index contributed by atoms with van der Waals surface area (Å²) in [5, 5.41) is 11.1. The summed E-state index contributed by atoms with van der Waals surface area (Å²) in [6.45, 7) is 0.446. The van der Waals surface area contributed by atoms with Gasteiger partial charge in [-0.3, -0.25) is 4.79 Å². The number of rotatable bonds is 5. The first-order valence-electron chi connectivity index (χ1n) is 8.37. The Balaban J connectivity index is 1.91. The third-order valence-electron chi connectivity index (χ3n) is 4.24. The maximum absolute atomic E-state index is 13.0. The van der Waals surface area contributed by atoms with Crippen molar-refractivity contribution in [3.05, 3.63) is 84.1 Å². The summed E-state index contributed by atoms with van der Waals surface area (Å²) in [5.74, 6) is 0.233. The second kappa shape index (κ2) is 7.10. The van der Waals surface area contributed by atoms with Crippen LogP contribution in [0.3, 0.4) is 0 Å². The molecule has 4 nitrogen and oxygen atoms in total. The van der Waals surface area contributed by atoms with Gasteiger partial charge in [-0.25, -0.2) is 0 Å². The molecule has 5 heteroatoms. The molecular formula is C21H16ClN3O. The van der Waals surface area contributed by atoms with E-state index in [0.717, 1.165) is 16.3 Å². The highest BCUT2D eigenvalue weighted by molar-refractivity contribution is 6.17. The van der Waals surface area contributed by atoms with Gasteiger partial charge in [-0.05, 0) is 10.8 Å². The molecule has 0 spiro atoms. The van der Waals surface area contributed by atoms with Crippen molar-refractivity contribution in [2.75, 3.05) is 5.88 Å². The van der Waals surface area contributed by atoms with Gasteiger partial charge in [0.15, 0.2) is 5.69 Å². The molecule has 3 aromatic carbocycles. The third-order valence-corrected chi connectivity index (χ3v) is 4.40. The summed E-state index contributed by atoms with van der Waals surface area (Å²) in [6.07, 6.45) is 0. The van der Waals surface area contributed by atoms with E-state index in [9.17, 15) is 4.79 Å². The van der Waals surface area contributed by atoms with Crippen LogP contribution in [0, 0.1) is 0 Å². The van der Waals surface area contributed by atoms with Crippen LogP contribution in [0.1, 0.15) is 16.1 Å². The van der Waals surface area contributed by atoms with E-state index < -0.39 is 0 Å². The van der Waals surface area contributed by atoms with E-state index in [1.165, 1.54) is 4.80 Å². The van der Waals surface area contributed by atoms with E-state index in [4.69, 9.17) is 11.6 Å². The lowest BCUT2D eigenvalue weighted by Gasteiger charge is -2.05. The number of benzene rings is 3. The van der Waals surface area contributed by atoms with Crippen molar-refractivity contribution in [3.63, 3.8) is 0 Å². The average Bonchev–Trinajstić information content (AvgIpc) is 3.11. The quantitative estimate of drug-likeness (QED) is 0.386. The highest BCUT2D eigenvalue weighted by Crippen LogP contribution is 2.30. The van der Waals surface area contributed by atoms with Gasteiger partial charge in [0.2, 0.25) is 5.78 Å². The van der Waals surface area contributed by atoms with Crippen LogP contribution in [0.15, 0.2) is 72.8 Å². The SMILES string of the molecule is O=C(c1ccccc1)c1nn(CCCl)nc1-c1cccc2ccccc12. The van der Waals surface area contributed by atoms with Gasteiger partial charge in [-0.15, -0.1) is 16.7 Å². The molecule has 0 aliphatic heterocycles. The molecule has 0 aliphatic rings.